The van der Waals surface area contributed by atoms with Gasteiger partial charge in [0.25, 0.3) is 0 Å². The van der Waals surface area contributed by atoms with Gasteiger partial charge in [-0.2, -0.15) is 0 Å². The van der Waals surface area contributed by atoms with E-state index in [1.807, 2.05) is 0 Å². The van der Waals surface area contributed by atoms with Gasteiger partial charge < -0.3 is 4.74 Å². The summed E-state index contributed by atoms with van der Waals surface area (Å²) in [4.78, 5) is 2.20. The normalized spacial score (nSPS) is 38.1. The number of hydrogen-bond donors (Lipinski definition) is 0. The molecule has 2 saturated heterocycles. The topological polar surface area (TPSA) is 12.5 Å². The molecule has 0 saturated carbocycles. The summed E-state index contributed by atoms with van der Waals surface area (Å²) >= 11 is 0. The lowest BCUT2D eigenvalue weighted by atomic mass is 9.91. The van der Waals surface area contributed by atoms with Crippen molar-refractivity contribution >= 4 is 0 Å². The smallest absolute Gasteiger partial charge is 0.242 e. The molecule has 2 heterocycles. The molecule has 0 aromatic carbocycles. The summed E-state index contributed by atoms with van der Waals surface area (Å²) in [7, 11) is 1.65. The molecule has 0 aliphatic carbocycles. The van der Waals surface area contributed by atoms with Crippen LogP contribution in [0.5, 0.6) is 0 Å². The molecular formula is C10H17F2NO. The minimum absolute atomic E-state index is 0.0597. The molecule has 0 radical (unpaired) electrons. The van der Waals surface area contributed by atoms with E-state index in [1.54, 1.807) is 7.11 Å². The summed E-state index contributed by atoms with van der Waals surface area (Å²) in [5.74, 6) is -0.439. The third-order valence-corrected chi connectivity index (χ3v) is 3.61. The molecule has 2 atom stereocenters. The van der Waals surface area contributed by atoms with Crippen LogP contribution < -0.4 is 0 Å². The van der Waals surface area contributed by atoms with Gasteiger partial charge in [-0.3, -0.25) is 4.90 Å². The van der Waals surface area contributed by atoms with E-state index < -0.39 is 12.3 Å². The highest BCUT2D eigenvalue weighted by Gasteiger charge is 2.50. The van der Waals surface area contributed by atoms with Gasteiger partial charge in [0.1, 0.15) is 0 Å². The second-order valence-electron chi connectivity index (χ2n) is 4.51. The third kappa shape index (κ3) is 1.54. The molecule has 14 heavy (non-hydrogen) atoms. The predicted octanol–water partition coefficient (Wildman–Crippen LogP) is 1.75. The van der Waals surface area contributed by atoms with Crippen LogP contribution in [-0.4, -0.2) is 43.7 Å². The monoisotopic (exact) mass is 205 g/mol. The molecule has 2 aliphatic rings. The van der Waals surface area contributed by atoms with Crippen molar-refractivity contribution in [2.24, 2.45) is 5.92 Å². The first-order chi connectivity index (χ1) is 6.68. The number of fused-ring (bicyclic) bond motifs is 1. The number of rotatable bonds is 3. The predicted molar refractivity (Wildman–Crippen MR) is 49.5 cm³/mol. The van der Waals surface area contributed by atoms with E-state index in [0.717, 1.165) is 19.4 Å². The fourth-order valence-corrected chi connectivity index (χ4v) is 3.01. The lowest BCUT2D eigenvalue weighted by Crippen LogP contribution is -2.42. The molecule has 0 aromatic heterocycles. The molecule has 4 heteroatoms. The van der Waals surface area contributed by atoms with E-state index in [2.05, 4.69) is 4.90 Å². The second-order valence-corrected chi connectivity index (χ2v) is 4.51. The van der Waals surface area contributed by atoms with Crippen LogP contribution in [0.25, 0.3) is 0 Å². The van der Waals surface area contributed by atoms with Crippen molar-refractivity contribution in [3.8, 4) is 0 Å². The van der Waals surface area contributed by atoms with Crippen LogP contribution in [0.3, 0.4) is 0 Å². The fourth-order valence-electron chi connectivity index (χ4n) is 3.01. The largest absolute Gasteiger partial charge is 0.383 e. The Bertz CT molecular complexity index is 212. The maximum Gasteiger partial charge on any atom is 0.242 e. The Labute approximate surface area is 83.2 Å². The Morgan fingerprint density at radius 2 is 2.36 bits per heavy atom. The zero-order valence-corrected chi connectivity index (χ0v) is 8.51. The maximum absolute atomic E-state index is 12.6. The van der Waals surface area contributed by atoms with Gasteiger partial charge in [0, 0.05) is 25.1 Å². The molecule has 2 fully saturated rings. The fraction of sp³-hybridized carbons (Fsp3) is 1.00. The summed E-state index contributed by atoms with van der Waals surface area (Å²) in [6.07, 6.45) is 0.580. The summed E-state index contributed by atoms with van der Waals surface area (Å²) in [6, 6.07) is 0. The molecular weight excluding hydrogens is 188 g/mol. The third-order valence-electron chi connectivity index (χ3n) is 3.61. The maximum atomic E-state index is 12.6. The van der Waals surface area contributed by atoms with Crippen LogP contribution in [0, 0.1) is 5.92 Å². The van der Waals surface area contributed by atoms with Crippen LogP contribution in [0.15, 0.2) is 0 Å². The van der Waals surface area contributed by atoms with Crippen molar-refractivity contribution in [3.05, 3.63) is 0 Å². The molecule has 2 nitrogen and oxygen atoms in total. The van der Waals surface area contributed by atoms with Crippen LogP contribution in [0.4, 0.5) is 8.78 Å². The average Bonchev–Trinajstić information content (AvgIpc) is 2.60. The highest BCUT2D eigenvalue weighted by atomic mass is 19.3. The molecule has 0 spiro atoms. The minimum atomic E-state index is -2.17. The van der Waals surface area contributed by atoms with Crippen molar-refractivity contribution in [2.75, 3.05) is 26.8 Å². The summed E-state index contributed by atoms with van der Waals surface area (Å²) in [5, 5.41) is 0. The molecule has 0 unspecified atom stereocenters. The lowest BCUT2D eigenvalue weighted by molar-refractivity contribution is 0.0616. The lowest BCUT2D eigenvalue weighted by Gasteiger charge is -2.30. The van der Waals surface area contributed by atoms with Crippen molar-refractivity contribution < 1.29 is 13.5 Å². The zero-order chi connectivity index (χ0) is 10.2. The van der Waals surface area contributed by atoms with Gasteiger partial charge in [-0.25, -0.2) is 8.78 Å². The average molecular weight is 205 g/mol. The van der Waals surface area contributed by atoms with E-state index in [1.165, 1.54) is 0 Å². The van der Waals surface area contributed by atoms with Crippen molar-refractivity contribution in [1.29, 1.82) is 0 Å². The first-order valence-electron chi connectivity index (χ1n) is 5.20. The van der Waals surface area contributed by atoms with Crippen LogP contribution in [-0.2, 0) is 4.74 Å². The van der Waals surface area contributed by atoms with E-state index in [4.69, 9.17) is 4.74 Å². The summed E-state index contributed by atoms with van der Waals surface area (Å²) < 4.78 is 30.4. The standard InChI is InChI=1S/C10H17F2NO/c1-14-7-10-3-2-4-13(10)6-8(5-10)9(11)12/h8-9H,2-7H2,1H3/t8-,10+/m0/s1. The SMILES string of the molecule is COC[C@]12CCCN1C[C@@H](C(F)F)C2. The van der Waals surface area contributed by atoms with Crippen molar-refractivity contribution in [2.45, 2.75) is 31.2 Å². The van der Waals surface area contributed by atoms with Crippen LogP contribution in [0.1, 0.15) is 19.3 Å². The van der Waals surface area contributed by atoms with E-state index >= 15 is 0 Å². The van der Waals surface area contributed by atoms with E-state index in [-0.39, 0.29) is 5.54 Å². The molecule has 2 aliphatic heterocycles. The highest BCUT2D eigenvalue weighted by Crippen LogP contribution is 2.43. The highest BCUT2D eigenvalue weighted by molar-refractivity contribution is 5.03. The Morgan fingerprint density at radius 3 is 3.00 bits per heavy atom. The first kappa shape index (κ1) is 10.3. The molecule has 0 bridgehead atoms. The van der Waals surface area contributed by atoms with E-state index in [0.29, 0.717) is 19.6 Å². The second kappa shape index (κ2) is 3.74. The number of nitrogens with zero attached hydrogens (tertiary/aromatic N) is 1. The molecule has 82 valence electrons. The molecule has 0 aromatic rings. The van der Waals surface area contributed by atoms with Crippen LogP contribution >= 0.6 is 0 Å². The number of halogens is 2. The molecule has 2 rings (SSSR count). The molecule has 0 N–H and O–H groups in total. The molecule has 0 amide bonds. The van der Waals surface area contributed by atoms with Gasteiger partial charge in [-0.05, 0) is 25.8 Å². The number of alkyl halides is 2. The Morgan fingerprint density at radius 1 is 1.57 bits per heavy atom. The summed E-state index contributed by atoms with van der Waals surface area (Å²) in [5.41, 5.74) is -0.0597. The Kier molecular flexibility index (Phi) is 2.75. The van der Waals surface area contributed by atoms with Gasteiger partial charge in [0.15, 0.2) is 0 Å². The van der Waals surface area contributed by atoms with E-state index in [9.17, 15) is 8.78 Å². The quantitative estimate of drug-likeness (QED) is 0.696. The minimum Gasteiger partial charge on any atom is -0.383 e. The van der Waals surface area contributed by atoms with Gasteiger partial charge in [-0.15, -0.1) is 0 Å². The van der Waals surface area contributed by atoms with Crippen molar-refractivity contribution in [3.63, 3.8) is 0 Å². The van der Waals surface area contributed by atoms with Gasteiger partial charge in [0.2, 0.25) is 6.43 Å². The van der Waals surface area contributed by atoms with Gasteiger partial charge >= 0.3 is 0 Å². The Hall–Kier alpha value is -0.220. The van der Waals surface area contributed by atoms with Gasteiger partial charge in [-0.1, -0.05) is 0 Å². The van der Waals surface area contributed by atoms with Crippen molar-refractivity contribution in [1.82, 2.24) is 4.90 Å². The number of ether oxygens (including phenoxy) is 1. The summed E-state index contributed by atoms with van der Waals surface area (Å²) in [6.45, 7) is 2.13. The number of methoxy groups -OCH3 is 1. The van der Waals surface area contributed by atoms with Gasteiger partial charge in [0.05, 0.1) is 6.61 Å². The Balaban J connectivity index is 2.06. The first-order valence-corrected chi connectivity index (χ1v) is 5.20. The zero-order valence-electron chi connectivity index (χ0n) is 8.51. The van der Waals surface area contributed by atoms with Crippen LogP contribution in [0.2, 0.25) is 0 Å². The number of hydrogen-bond acceptors (Lipinski definition) is 2.